The zero-order valence-electron chi connectivity index (χ0n) is 16.2. The minimum absolute atomic E-state index is 0.126. The number of carbonyl (C=O) groups excluding carboxylic acids is 1. The second-order valence-electron chi connectivity index (χ2n) is 7.56. The number of H-pyrrole nitrogens is 1. The number of piperidine rings is 1. The van der Waals surface area contributed by atoms with Crippen molar-refractivity contribution in [3.05, 3.63) is 72.8 Å². The maximum Gasteiger partial charge on any atom is 0.242 e. The number of likely N-dealkylation sites (tertiary alicyclic amines) is 1. The Morgan fingerprint density at radius 2 is 1.93 bits per heavy atom. The third-order valence-electron chi connectivity index (χ3n) is 5.62. The smallest absolute Gasteiger partial charge is 0.242 e. The number of fused-ring (bicyclic) bond motifs is 1. The Balaban J connectivity index is 1.31. The van der Waals surface area contributed by atoms with Crippen LogP contribution in [-0.4, -0.2) is 43.4 Å². The Kier molecular flexibility index (Phi) is 4.60. The number of imidazole rings is 2. The number of aromatic nitrogens is 4. The summed E-state index contributed by atoms with van der Waals surface area (Å²) in [5, 5.41) is 0. The van der Waals surface area contributed by atoms with Crippen LogP contribution >= 0.6 is 0 Å². The average molecular weight is 385 g/mol. The van der Waals surface area contributed by atoms with Gasteiger partial charge in [0.1, 0.15) is 18.2 Å². The highest BCUT2D eigenvalue weighted by atomic mass is 16.2. The fraction of sp³-hybridized carbons (Fsp3) is 0.261. The maximum atomic E-state index is 13.0. The molecule has 6 nitrogen and oxygen atoms in total. The van der Waals surface area contributed by atoms with Crippen molar-refractivity contribution in [2.75, 3.05) is 13.1 Å². The molecule has 1 amide bonds. The molecule has 2 aromatic carbocycles. The highest BCUT2D eigenvalue weighted by molar-refractivity contribution is 5.77. The molecule has 1 aliphatic heterocycles. The van der Waals surface area contributed by atoms with Gasteiger partial charge in [0.2, 0.25) is 5.91 Å². The minimum Gasteiger partial charge on any atom is -0.342 e. The van der Waals surface area contributed by atoms with Crippen molar-refractivity contribution in [2.24, 2.45) is 0 Å². The summed E-state index contributed by atoms with van der Waals surface area (Å²) in [5.41, 5.74) is 3.05. The lowest BCUT2D eigenvalue weighted by Gasteiger charge is -2.32. The van der Waals surface area contributed by atoms with E-state index in [0.29, 0.717) is 13.1 Å². The lowest BCUT2D eigenvalue weighted by atomic mass is 9.97. The second kappa shape index (κ2) is 7.54. The van der Waals surface area contributed by atoms with E-state index in [9.17, 15) is 4.79 Å². The van der Waals surface area contributed by atoms with Crippen molar-refractivity contribution in [3.63, 3.8) is 0 Å². The van der Waals surface area contributed by atoms with Crippen LogP contribution < -0.4 is 0 Å². The van der Waals surface area contributed by atoms with Crippen molar-refractivity contribution in [2.45, 2.75) is 25.3 Å². The van der Waals surface area contributed by atoms with Crippen molar-refractivity contribution in [3.8, 4) is 11.4 Å². The van der Waals surface area contributed by atoms with Crippen LogP contribution in [0.4, 0.5) is 0 Å². The number of nitrogens with zero attached hydrogens (tertiary/aromatic N) is 4. The van der Waals surface area contributed by atoms with Gasteiger partial charge in [0.05, 0.1) is 11.0 Å². The summed E-state index contributed by atoms with van der Waals surface area (Å²) < 4.78 is 1.93. The first kappa shape index (κ1) is 17.7. The second-order valence-corrected chi connectivity index (χ2v) is 7.56. The predicted molar refractivity (Wildman–Crippen MR) is 112 cm³/mol. The van der Waals surface area contributed by atoms with Crippen molar-refractivity contribution >= 4 is 16.9 Å². The van der Waals surface area contributed by atoms with Crippen LogP contribution in [0.15, 0.2) is 67.0 Å². The van der Waals surface area contributed by atoms with E-state index >= 15 is 0 Å². The molecule has 1 atom stereocenters. The van der Waals surface area contributed by atoms with Gasteiger partial charge in [0, 0.05) is 37.0 Å². The molecular weight excluding hydrogens is 362 g/mol. The molecule has 0 aliphatic carbocycles. The van der Waals surface area contributed by atoms with Gasteiger partial charge in [0.25, 0.3) is 0 Å². The Morgan fingerprint density at radius 1 is 1.10 bits per heavy atom. The molecule has 0 bridgehead atoms. The summed E-state index contributed by atoms with van der Waals surface area (Å²) in [7, 11) is 0. The topological polar surface area (TPSA) is 66.8 Å². The summed E-state index contributed by atoms with van der Waals surface area (Å²) in [6.45, 7) is 1.80. The SMILES string of the molecule is O=C(Cn1ccnc1-c1ccccc1)N1CCCC(c2nc3ccccc3[nH]2)C1. The number of amides is 1. The first-order valence-electron chi connectivity index (χ1n) is 10.1. The summed E-state index contributed by atoms with van der Waals surface area (Å²) in [5.74, 6) is 2.18. The van der Waals surface area contributed by atoms with E-state index < -0.39 is 0 Å². The molecule has 29 heavy (non-hydrogen) atoms. The van der Waals surface area contributed by atoms with Crippen LogP contribution in [-0.2, 0) is 11.3 Å². The number of benzene rings is 2. The third kappa shape index (κ3) is 3.53. The molecule has 0 radical (unpaired) electrons. The van der Waals surface area contributed by atoms with E-state index in [2.05, 4.69) is 9.97 Å². The summed E-state index contributed by atoms with van der Waals surface area (Å²) in [6.07, 6.45) is 5.66. The number of para-hydroxylation sites is 2. The number of aromatic amines is 1. The van der Waals surface area contributed by atoms with Gasteiger partial charge in [-0.25, -0.2) is 9.97 Å². The molecule has 3 heterocycles. The average Bonchev–Trinajstić information content (AvgIpc) is 3.41. The standard InChI is InChI=1S/C23H23N5O/c29-21(16-28-14-12-24-23(28)17-7-2-1-3-8-17)27-13-6-9-18(15-27)22-25-19-10-4-5-11-20(19)26-22/h1-5,7-8,10-12,14,18H,6,9,13,15-16H2,(H,25,26). The van der Waals surface area contributed by atoms with Crippen LogP contribution in [0.5, 0.6) is 0 Å². The lowest BCUT2D eigenvalue weighted by molar-refractivity contribution is -0.133. The Morgan fingerprint density at radius 3 is 2.79 bits per heavy atom. The molecule has 0 spiro atoms. The Hall–Kier alpha value is -3.41. The van der Waals surface area contributed by atoms with Gasteiger partial charge >= 0.3 is 0 Å². The molecule has 146 valence electrons. The Bertz CT molecular complexity index is 1100. The highest BCUT2D eigenvalue weighted by Gasteiger charge is 2.27. The minimum atomic E-state index is 0.126. The Labute approximate surface area is 169 Å². The summed E-state index contributed by atoms with van der Waals surface area (Å²) in [4.78, 5) is 27.6. The molecule has 1 fully saturated rings. The highest BCUT2D eigenvalue weighted by Crippen LogP contribution is 2.27. The quantitative estimate of drug-likeness (QED) is 0.580. The zero-order valence-corrected chi connectivity index (χ0v) is 16.2. The number of hydrogen-bond donors (Lipinski definition) is 1. The number of rotatable bonds is 4. The van der Waals surface area contributed by atoms with Gasteiger partial charge in [-0.15, -0.1) is 0 Å². The predicted octanol–water partition coefficient (Wildman–Crippen LogP) is 3.83. The van der Waals surface area contributed by atoms with Crippen molar-refractivity contribution in [1.29, 1.82) is 0 Å². The van der Waals surface area contributed by atoms with Gasteiger partial charge < -0.3 is 14.5 Å². The number of carbonyl (C=O) groups is 1. The van der Waals surface area contributed by atoms with Crippen LogP contribution in [0, 0.1) is 0 Å². The van der Waals surface area contributed by atoms with E-state index in [-0.39, 0.29) is 11.8 Å². The van der Waals surface area contributed by atoms with Crippen molar-refractivity contribution < 1.29 is 4.79 Å². The van der Waals surface area contributed by atoms with Crippen molar-refractivity contribution in [1.82, 2.24) is 24.4 Å². The van der Waals surface area contributed by atoms with Gasteiger partial charge in [-0.05, 0) is 25.0 Å². The van der Waals surface area contributed by atoms with E-state index in [0.717, 1.165) is 47.6 Å². The van der Waals surface area contributed by atoms with Gasteiger partial charge in [-0.1, -0.05) is 42.5 Å². The fourth-order valence-electron chi connectivity index (χ4n) is 4.12. The van der Waals surface area contributed by atoms with E-state index in [1.807, 2.05) is 70.3 Å². The van der Waals surface area contributed by atoms with Gasteiger partial charge in [0.15, 0.2) is 0 Å². The summed E-state index contributed by atoms with van der Waals surface area (Å²) in [6, 6.07) is 18.1. The van der Waals surface area contributed by atoms with Gasteiger partial charge in [-0.2, -0.15) is 0 Å². The van der Waals surface area contributed by atoms with Crippen LogP contribution in [0.25, 0.3) is 22.4 Å². The van der Waals surface area contributed by atoms with E-state index in [1.54, 1.807) is 6.20 Å². The molecule has 4 aromatic rings. The normalized spacial score (nSPS) is 17.0. The molecule has 1 aliphatic rings. The van der Waals surface area contributed by atoms with Crippen LogP contribution in [0.2, 0.25) is 0 Å². The molecule has 0 saturated carbocycles. The molecule has 1 saturated heterocycles. The molecule has 1 unspecified atom stereocenters. The fourth-order valence-corrected chi connectivity index (χ4v) is 4.12. The largest absolute Gasteiger partial charge is 0.342 e. The lowest BCUT2D eigenvalue weighted by Crippen LogP contribution is -2.41. The number of hydrogen-bond acceptors (Lipinski definition) is 3. The van der Waals surface area contributed by atoms with Crippen LogP contribution in [0.1, 0.15) is 24.6 Å². The first-order chi connectivity index (χ1) is 14.3. The maximum absolute atomic E-state index is 13.0. The van der Waals surface area contributed by atoms with Gasteiger partial charge in [-0.3, -0.25) is 4.79 Å². The molecule has 6 heteroatoms. The summed E-state index contributed by atoms with van der Waals surface area (Å²) >= 11 is 0. The monoisotopic (exact) mass is 385 g/mol. The number of nitrogens with one attached hydrogen (secondary N) is 1. The molecular formula is C23H23N5O. The third-order valence-corrected chi connectivity index (χ3v) is 5.62. The van der Waals surface area contributed by atoms with Crippen LogP contribution in [0.3, 0.4) is 0 Å². The molecule has 2 aromatic heterocycles. The first-order valence-corrected chi connectivity index (χ1v) is 10.1. The van der Waals surface area contributed by atoms with E-state index in [1.165, 1.54) is 0 Å². The van der Waals surface area contributed by atoms with E-state index in [4.69, 9.17) is 4.98 Å². The molecule has 1 N–H and O–H groups in total. The molecule has 5 rings (SSSR count). The zero-order chi connectivity index (χ0) is 19.6.